The number of nitrogens with zero attached hydrogens (tertiary/aromatic N) is 2. The van der Waals surface area contributed by atoms with Gasteiger partial charge in [0.05, 0.1) is 6.04 Å². The molecule has 5 nitrogen and oxygen atoms in total. The first-order valence-corrected chi connectivity index (χ1v) is 8.88. The maximum atomic E-state index is 13.0. The number of phenols is 1. The lowest BCUT2D eigenvalue weighted by Gasteiger charge is -2.25. The van der Waals surface area contributed by atoms with Crippen LogP contribution in [0.1, 0.15) is 38.8 Å². The minimum atomic E-state index is -0.277. The summed E-state index contributed by atoms with van der Waals surface area (Å²) in [6.07, 6.45) is 1.72. The average Bonchev–Trinajstić information content (AvgIpc) is 3.17. The van der Waals surface area contributed by atoms with E-state index in [0.717, 1.165) is 22.3 Å². The molecule has 0 unspecified atom stereocenters. The van der Waals surface area contributed by atoms with Crippen molar-refractivity contribution in [2.75, 3.05) is 6.54 Å². The standard InChI is InChI=1S/C22H21N3O2/c1-4-11-25-21(15-8-5-13(2)6-9-15)18-19(23-24-20(18)22(25)27)16-10-7-14(3)12-17(16)26/h4-10,12,21,26H,1,11H2,2-3H3,(H,23,24)/t21-/m1/s1. The van der Waals surface area contributed by atoms with Gasteiger partial charge in [-0.2, -0.15) is 5.10 Å². The highest BCUT2D eigenvalue weighted by atomic mass is 16.3. The van der Waals surface area contributed by atoms with Crippen LogP contribution in [-0.4, -0.2) is 32.7 Å². The van der Waals surface area contributed by atoms with Gasteiger partial charge in [-0.3, -0.25) is 9.89 Å². The Balaban J connectivity index is 1.92. The smallest absolute Gasteiger partial charge is 0.273 e. The largest absolute Gasteiger partial charge is 0.507 e. The summed E-state index contributed by atoms with van der Waals surface area (Å²) in [5, 5.41) is 17.7. The number of carbonyl (C=O) groups is 1. The van der Waals surface area contributed by atoms with E-state index >= 15 is 0 Å². The topological polar surface area (TPSA) is 69.2 Å². The Labute approximate surface area is 158 Å². The van der Waals surface area contributed by atoms with Crippen LogP contribution in [0.15, 0.2) is 55.1 Å². The third-order valence-electron chi connectivity index (χ3n) is 4.99. The van der Waals surface area contributed by atoms with E-state index in [1.54, 1.807) is 17.0 Å². The van der Waals surface area contributed by atoms with Crippen molar-refractivity contribution in [3.63, 3.8) is 0 Å². The molecule has 2 N–H and O–H groups in total. The highest BCUT2D eigenvalue weighted by Crippen LogP contribution is 2.44. The van der Waals surface area contributed by atoms with Gasteiger partial charge < -0.3 is 10.0 Å². The van der Waals surface area contributed by atoms with Gasteiger partial charge in [0.1, 0.15) is 17.1 Å². The molecular formula is C22H21N3O2. The molecule has 1 amide bonds. The van der Waals surface area contributed by atoms with Crippen molar-refractivity contribution in [1.82, 2.24) is 15.1 Å². The van der Waals surface area contributed by atoms with Gasteiger partial charge in [-0.15, -0.1) is 6.58 Å². The molecule has 1 atom stereocenters. The fraction of sp³-hybridized carbons (Fsp3) is 0.182. The first kappa shape index (κ1) is 17.1. The summed E-state index contributed by atoms with van der Waals surface area (Å²) >= 11 is 0. The van der Waals surface area contributed by atoms with Crippen LogP contribution < -0.4 is 0 Å². The van der Waals surface area contributed by atoms with Gasteiger partial charge >= 0.3 is 0 Å². The molecule has 0 aliphatic carbocycles. The SMILES string of the molecule is C=CCN1C(=O)c2[nH]nc(-c3ccc(C)cc3O)c2[C@H]1c1ccc(C)cc1. The Kier molecular flexibility index (Phi) is 4.07. The van der Waals surface area contributed by atoms with Crippen LogP contribution >= 0.6 is 0 Å². The summed E-state index contributed by atoms with van der Waals surface area (Å²) in [7, 11) is 0. The van der Waals surface area contributed by atoms with Crippen molar-refractivity contribution in [3.05, 3.63) is 83.1 Å². The zero-order valence-corrected chi connectivity index (χ0v) is 15.4. The maximum absolute atomic E-state index is 13.0. The first-order valence-electron chi connectivity index (χ1n) is 8.88. The molecule has 0 saturated heterocycles. The highest BCUT2D eigenvalue weighted by Gasteiger charge is 2.41. The van der Waals surface area contributed by atoms with E-state index in [1.165, 1.54) is 0 Å². The second-order valence-electron chi connectivity index (χ2n) is 6.94. The quantitative estimate of drug-likeness (QED) is 0.688. The normalized spacial score (nSPS) is 15.9. The number of nitrogens with one attached hydrogen (secondary N) is 1. The van der Waals surface area contributed by atoms with Gasteiger partial charge in [0.25, 0.3) is 5.91 Å². The zero-order valence-electron chi connectivity index (χ0n) is 15.4. The van der Waals surface area contributed by atoms with E-state index in [-0.39, 0.29) is 17.7 Å². The lowest BCUT2D eigenvalue weighted by Crippen LogP contribution is -2.29. The van der Waals surface area contributed by atoms with Crippen molar-refractivity contribution >= 4 is 5.91 Å². The van der Waals surface area contributed by atoms with Gasteiger partial charge in [-0.1, -0.05) is 42.0 Å². The third-order valence-corrected chi connectivity index (χ3v) is 4.99. The molecule has 1 aromatic heterocycles. The number of aromatic nitrogens is 2. The molecule has 0 spiro atoms. The molecule has 27 heavy (non-hydrogen) atoms. The average molecular weight is 359 g/mol. The number of aromatic hydroxyl groups is 1. The minimum Gasteiger partial charge on any atom is -0.507 e. The summed E-state index contributed by atoms with van der Waals surface area (Å²) in [5.74, 6) is 0.0439. The number of hydrogen-bond acceptors (Lipinski definition) is 3. The fourth-order valence-corrected chi connectivity index (χ4v) is 3.67. The van der Waals surface area contributed by atoms with E-state index in [9.17, 15) is 9.90 Å². The summed E-state index contributed by atoms with van der Waals surface area (Å²) < 4.78 is 0. The molecule has 4 rings (SSSR count). The molecule has 136 valence electrons. The molecule has 1 aliphatic rings. The van der Waals surface area contributed by atoms with Crippen LogP contribution in [0.3, 0.4) is 0 Å². The third kappa shape index (κ3) is 2.72. The van der Waals surface area contributed by atoms with Gasteiger partial charge in [-0.25, -0.2) is 0 Å². The van der Waals surface area contributed by atoms with Crippen LogP contribution in [0.4, 0.5) is 0 Å². The number of aromatic amines is 1. The van der Waals surface area contributed by atoms with Crippen LogP contribution in [0, 0.1) is 13.8 Å². The second-order valence-corrected chi connectivity index (χ2v) is 6.94. The van der Waals surface area contributed by atoms with Crippen LogP contribution in [0.5, 0.6) is 5.75 Å². The number of phenolic OH excluding ortho intramolecular Hbond substituents is 1. The van der Waals surface area contributed by atoms with Crippen LogP contribution in [0.25, 0.3) is 11.3 Å². The second kappa shape index (κ2) is 6.43. The lowest BCUT2D eigenvalue weighted by molar-refractivity contribution is 0.0764. The molecule has 0 saturated carbocycles. The maximum Gasteiger partial charge on any atom is 0.273 e. The number of H-pyrrole nitrogens is 1. The van der Waals surface area contributed by atoms with Crippen molar-refractivity contribution in [2.24, 2.45) is 0 Å². The Bertz CT molecular complexity index is 1030. The van der Waals surface area contributed by atoms with Crippen LogP contribution in [-0.2, 0) is 0 Å². The minimum absolute atomic E-state index is 0.110. The van der Waals surface area contributed by atoms with Gasteiger partial charge in [0.15, 0.2) is 0 Å². The van der Waals surface area contributed by atoms with Gasteiger partial charge in [-0.05, 0) is 37.1 Å². The summed E-state index contributed by atoms with van der Waals surface area (Å²) in [6, 6.07) is 13.3. The molecule has 5 heteroatoms. The Morgan fingerprint density at radius 3 is 2.56 bits per heavy atom. The van der Waals surface area contributed by atoms with Crippen LogP contribution in [0.2, 0.25) is 0 Å². The van der Waals surface area contributed by atoms with Crippen molar-refractivity contribution in [1.29, 1.82) is 0 Å². The number of carbonyl (C=O) groups excluding carboxylic acids is 1. The summed E-state index contributed by atoms with van der Waals surface area (Å²) in [4.78, 5) is 14.7. The van der Waals surface area contributed by atoms with Crippen molar-refractivity contribution < 1.29 is 9.90 Å². The van der Waals surface area contributed by atoms with Gasteiger partial charge in [0, 0.05) is 17.7 Å². The van der Waals surface area contributed by atoms with E-state index in [2.05, 4.69) is 16.8 Å². The monoisotopic (exact) mass is 359 g/mol. The molecule has 2 heterocycles. The Morgan fingerprint density at radius 2 is 1.89 bits per heavy atom. The zero-order chi connectivity index (χ0) is 19.1. The number of benzene rings is 2. The van der Waals surface area contributed by atoms with E-state index < -0.39 is 0 Å². The predicted octanol–water partition coefficient (Wildman–Crippen LogP) is 4.13. The summed E-state index contributed by atoms with van der Waals surface area (Å²) in [5.41, 5.74) is 5.60. The van der Waals surface area contributed by atoms with Crippen molar-refractivity contribution in [2.45, 2.75) is 19.9 Å². The molecule has 0 bridgehead atoms. The number of fused-ring (bicyclic) bond motifs is 1. The molecule has 0 radical (unpaired) electrons. The predicted molar refractivity (Wildman–Crippen MR) is 105 cm³/mol. The lowest BCUT2D eigenvalue weighted by atomic mass is 9.95. The van der Waals surface area contributed by atoms with Gasteiger partial charge in [0.2, 0.25) is 0 Å². The molecule has 1 aliphatic heterocycles. The molecule has 0 fully saturated rings. The number of amides is 1. The Morgan fingerprint density at radius 1 is 1.19 bits per heavy atom. The number of aryl methyl sites for hydroxylation is 2. The fourth-order valence-electron chi connectivity index (χ4n) is 3.67. The number of rotatable bonds is 4. The molecule has 3 aromatic rings. The molecule has 2 aromatic carbocycles. The van der Waals surface area contributed by atoms with E-state index in [1.807, 2.05) is 50.2 Å². The molecular weight excluding hydrogens is 338 g/mol. The van der Waals surface area contributed by atoms with E-state index in [4.69, 9.17) is 0 Å². The highest BCUT2D eigenvalue weighted by molar-refractivity contribution is 6.00. The van der Waals surface area contributed by atoms with Crippen molar-refractivity contribution in [3.8, 4) is 17.0 Å². The summed E-state index contributed by atoms with van der Waals surface area (Å²) in [6.45, 7) is 8.17. The number of hydrogen-bond donors (Lipinski definition) is 2. The Hall–Kier alpha value is -3.34. The van der Waals surface area contributed by atoms with E-state index in [0.29, 0.717) is 23.5 Å². The first-order chi connectivity index (χ1) is 13.0.